The van der Waals surface area contributed by atoms with Crippen LogP contribution in [-0.4, -0.2) is 58.6 Å². The van der Waals surface area contributed by atoms with Crippen molar-refractivity contribution in [3.8, 4) is 11.8 Å². The number of halogens is 1. The lowest BCUT2D eigenvalue weighted by atomic mass is 9.68. The van der Waals surface area contributed by atoms with E-state index in [9.17, 15) is 14.3 Å². The van der Waals surface area contributed by atoms with Crippen molar-refractivity contribution in [3.05, 3.63) is 70.7 Å². The number of benzene rings is 2. The highest BCUT2D eigenvalue weighted by atomic mass is 19.1. The number of nitrogens with one attached hydrogen (secondary N) is 1. The molecular weight excluding hydrogens is 479 g/mol. The molecule has 1 atom stereocenters. The average Bonchev–Trinajstić information content (AvgIpc) is 3.28. The largest absolute Gasteiger partial charge is 0.394 e. The van der Waals surface area contributed by atoms with Crippen molar-refractivity contribution in [3.63, 3.8) is 0 Å². The van der Waals surface area contributed by atoms with Crippen molar-refractivity contribution in [1.82, 2.24) is 14.8 Å². The van der Waals surface area contributed by atoms with E-state index in [1.54, 1.807) is 6.07 Å². The molecule has 3 heterocycles. The van der Waals surface area contributed by atoms with Gasteiger partial charge >= 0.3 is 0 Å². The fourth-order valence-corrected chi connectivity index (χ4v) is 6.73. The molecule has 1 saturated carbocycles. The zero-order valence-electron chi connectivity index (χ0n) is 21.7. The minimum Gasteiger partial charge on any atom is -0.394 e. The van der Waals surface area contributed by atoms with E-state index in [4.69, 9.17) is 5.73 Å². The maximum absolute atomic E-state index is 14.7. The molecule has 3 aliphatic rings. The summed E-state index contributed by atoms with van der Waals surface area (Å²) in [5, 5.41) is 11.7. The van der Waals surface area contributed by atoms with Crippen LogP contribution in [0, 0.1) is 23.6 Å². The molecule has 1 saturated heterocycles. The molecule has 0 bridgehead atoms. The van der Waals surface area contributed by atoms with Crippen molar-refractivity contribution in [2.75, 3.05) is 32.8 Å². The molecule has 0 radical (unpaired) electrons. The van der Waals surface area contributed by atoms with Crippen LogP contribution in [0.15, 0.2) is 42.5 Å². The van der Waals surface area contributed by atoms with Gasteiger partial charge in [-0.15, -0.1) is 0 Å². The Balaban J connectivity index is 1.41. The first-order valence-electron chi connectivity index (χ1n) is 13.7. The third-order valence-electron chi connectivity index (χ3n) is 8.96. The number of aromatic amines is 1. The Hall–Kier alpha value is -3.18. The predicted molar refractivity (Wildman–Crippen MR) is 146 cm³/mol. The third-order valence-corrected chi connectivity index (χ3v) is 8.96. The maximum Gasteiger partial charge on any atom is 0.225 e. The minimum atomic E-state index is -0.282. The lowest BCUT2D eigenvalue weighted by molar-refractivity contribution is -0.140. The standard InChI is InChI=1S/C31H35FN4O2/c32-25-9-2-1-6-23(25)18-36-20-31(12-15-35(16-13-31)30(38)22-7-3-8-22)28-24-11-10-21(5-4-14-33)17-26(24)34-29(28)27(36)19-37/h1-2,6,9-11,17,22,27,34,37H,3,7-8,12-16,18-20,33H2. The summed E-state index contributed by atoms with van der Waals surface area (Å²) in [5.41, 5.74) is 10.1. The van der Waals surface area contributed by atoms with Crippen molar-refractivity contribution in [2.45, 2.75) is 50.1 Å². The van der Waals surface area contributed by atoms with Gasteiger partial charge in [-0.3, -0.25) is 9.69 Å². The van der Waals surface area contributed by atoms with Gasteiger partial charge in [0.2, 0.25) is 5.91 Å². The Labute approximate surface area is 223 Å². The number of aromatic nitrogens is 1. The van der Waals surface area contributed by atoms with Gasteiger partial charge in [0, 0.05) is 65.2 Å². The number of aliphatic hydroxyl groups excluding tert-OH is 1. The quantitative estimate of drug-likeness (QED) is 0.462. The molecule has 1 aromatic heterocycles. The van der Waals surface area contributed by atoms with Gasteiger partial charge in [0.15, 0.2) is 0 Å². The predicted octanol–water partition coefficient (Wildman–Crippen LogP) is 3.83. The summed E-state index contributed by atoms with van der Waals surface area (Å²) in [5.74, 6) is 6.32. The van der Waals surface area contributed by atoms with E-state index in [0.717, 1.165) is 67.4 Å². The number of fused-ring (bicyclic) bond motifs is 4. The number of hydrogen-bond acceptors (Lipinski definition) is 4. The number of hydrogen-bond donors (Lipinski definition) is 3. The van der Waals surface area contributed by atoms with E-state index in [1.807, 2.05) is 18.2 Å². The molecule has 2 aliphatic heterocycles. The first-order valence-corrected chi connectivity index (χ1v) is 13.7. The van der Waals surface area contributed by atoms with Crippen molar-refractivity contribution in [1.29, 1.82) is 0 Å². The zero-order valence-corrected chi connectivity index (χ0v) is 21.7. The first kappa shape index (κ1) is 25.1. The van der Waals surface area contributed by atoms with Crippen LogP contribution in [0.5, 0.6) is 0 Å². The Morgan fingerprint density at radius 3 is 2.66 bits per heavy atom. The van der Waals surface area contributed by atoms with Crippen LogP contribution in [0.25, 0.3) is 10.9 Å². The summed E-state index contributed by atoms with van der Waals surface area (Å²) in [7, 11) is 0. The highest BCUT2D eigenvalue weighted by Crippen LogP contribution is 2.49. The number of likely N-dealkylation sites (tertiary alicyclic amines) is 1. The van der Waals surface area contributed by atoms with Crippen LogP contribution in [0.1, 0.15) is 60.5 Å². The van der Waals surface area contributed by atoms with E-state index in [2.05, 4.69) is 38.8 Å². The Bertz CT molecular complexity index is 1410. The summed E-state index contributed by atoms with van der Waals surface area (Å²) in [6.45, 7) is 2.78. The van der Waals surface area contributed by atoms with E-state index in [1.165, 1.54) is 11.6 Å². The molecule has 7 heteroatoms. The number of amides is 1. The number of nitrogens with zero attached hydrogens (tertiary/aromatic N) is 2. The van der Waals surface area contributed by atoms with Crippen LogP contribution in [0.3, 0.4) is 0 Å². The number of nitrogens with two attached hydrogens (primary N) is 1. The van der Waals surface area contributed by atoms with E-state index in [0.29, 0.717) is 31.1 Å². The van der Waals surface area contributed by atoms with Gasteiger partial charge < -0.3 is 20.7 Å². The van der Waals surface area contributed by atoms with Crippen molar-refractivity contribution < 1.29 is 14.3 Å². The molecule has 1 aliphatic carbocycles. The number of carbonyl (C=O) groups is 1. The molecule has 4 N–H and O–H groups in total. The summed E-state index contributed by atoms with van der Waals surface area (Å²) < 4.78 is 14.7. The van der Waals surface area contributed by atoms with E-state index < -0.39 is 0 Å². The molecule has 1 amide bonds. The molecule has 2 aromatic carbocycles. The Morgan fingerprint density at radius 1 is 1.18 bits per heavy atom. The molecule has 6 nitrogen and oxygen atoms in total. The molecule has 6 rings (SSSR count). The van der Waals surface area contributed by atoms with Crippen LogP contribution < -0.4 is 5.73 Å². The number of rotatable bonds is 4. The molecule has 1 spiro atoms. The normalized spacial score (nSPS) is 21.1. The molecule has 1 unspecified atom stereocenters. The molecule has 3 aromatic rings. The third kappa shape index (κ3) is 4.31. The molecule has 198 valence electrons. The Morgan fingerprint density at radius 2 is 1.97 bits per heavy atom. The van der Waals surface area contributed by atoms with Crippen molar-refractivity contribution >= 4 is 16.8 Å². The van der Waals surface area contributed by atoms with Gasteiger partial charge in [-0.25, -0.2) is 4.39 Å². The molecular formula is C31H35FN4O2. The zero-order chi connectivity index (χ0) is 26.3. The fraction of sp³-hybridized carbons (Fsp3) is 0.452. The van der Waals surface area contributed by atoms with Gasteiger partial charge in [0.25, 0.3) is 0 Å². The molecule has 38 heavy (non-hydrogen) atoms. The van der Waals surface area contributed by atoms with Crippen molar-refractivity contribution in [2.24, 2.45) is 11.7 Å². The summed E-state index contributed by atoms with van der Waals surface area (Å²) in [6, 6.07) is 12.8. The van der Waals surface area contributed by atoms with Gasteiger partial charge in [-0.1, -0.05) is 42.5 Å². The topological polar surface area (TPSA) is 85.6 Å². The smallest absolute Gasteiger partial charge is 0.225 e. The Kier molecular flexibility index (Phi) is 6.73. The maximum atomic E-state index is 14.7. The number of aliphatic hydroxyl groups is 1. The van der Waals surface area contributed by atoms with Crippen LogP contribution in [0.2, 0.25) is 0 Å². The summed E-state index contributed by atoms with van der Waals surface area (Å²) >= 11 is 0. The second-order valence-electron chi connectivity index (χ2n) is 11.1. The SMILES string of the molecule is NCC#Cc1ccc2c3c([nH]c2c1)C(CO)N(Cc1ccccc1F)CC31CCN(C(=O)C2CCC2)CC1. The number of piperidine rings is 1. The fourth-order valence-electron chi connectivity index (χ4n) is 6.73. The lowest BCUT2D eigenvalue weighted by Crippen LogP contribution is -2.55. The van der Waals surface area contributed by atoms with Crippen LogP contribution >= 0.6 is 0 Å². The van der Waals surface area contributed by atoms with Gasteiger partial charge in [0.1, 0.15) is 5.82 Å². The highest BCUT2D eigenvalue weighted by Gasteiger charge is 2.48. The average molecular weight is 515 g/mol. The number of carbonyl (C=O) groups excluding carboxylic acids is 1. The van der Waals surface area contributed by atoms with Gasteiger partial charge in [-0.2, -0.15) is 0 Å². The highest BCUT2D eigenvalue weighted by molar-refractivity contribution is 5.88. The van der Waals surface area contributed by atoms with E-state index in [-0.39, 0.29) is 29.8 Å². The second kappa shape index (κ2) is 10.2. The second-order valence-corrected chi connectivity index (χ2v) is 11.1. The van der Waals surface area contributed by atoms with Gasteiger partial charge in [0.05, 0.1) is 19.2 Å². The van der Waals surface area contributed by atoms with Crippen LogP contribution in [0.4, 0.5) is 4.39 Å². The van der Waals surface area contributed by atoms with Gasteiger partial charge in [-0.05, 0) is 49.4 Å². The number of H-pyrrole nitrogens is 1. The van der Waals surface area contributed by atoms with Crippen LogP contribution in [-0.2, 0) is 16.8 Å². The summed E-state index contributed by atoms with van der Waals surface area (Å²) in [6.07, 6.45) is 4.85. The first-order chi connectivity index (χ1) is 18.5. The van der Waals surface area contributed by atoms with E-state index >= 15 is 0 Å². The lowest BCUT2D eigenvalue weighted by Gasteiger charge is -2.50. The summed E-state index contributed by atoms with van der Waals surface area (Å²) in [4.78, 5) is 20.9. The molecule has 2 fully saturated rings. The monoisotopic (exact) mass is 514 g/mol. The minimum absolute atomic E-state index is 0.0729.